The molecule has 1 aliphatic heterocycles. The van der Waals surface area contributed by atoms with Crippen molar-refractivity contribution in [2.24, 2.45) is 5.92 Å². The fourth-order valence-corrected chi connectivity index (χ4v) is 4.23. The lowest BCUT2D eigenvalue weighted by atomic mass is 9.97. The maximum atomic E-state index is 12.8. The van der Waals surface area contributed by atoms with E-state index in [1.165, 1.54) is 16.9 Å². The van der Waals surface area contributed by atoms with Gasteiger partial charge in [0.05, 0.1) is 12.0 Å². The molecule has 2 amide bonds. The number of hydrogen-bond donors (Lipinski definition) is 1. The van der Waals surface area contributed by atoms with E-state index in [-0.39, 0.29) is 13.0 Å². The molecule has 0 aliphatic carbocycles. The molecule has 156 valence electrons. The number of nitrogens with one attached hydrogen (secondary N) is 1. The minimum Gasteiger partial charge on any atom is -0.344 e. The zero-order valence-electron chi connectivity index (χ0n) is 16.2. The van der Waals surface area contributed by atoms with Crippen LogP contribution in [0.2, 0.25) is 0 Å². The van der Waals surface area contributed by atoms with Crippen molar-refractivity contribution in [3.63, 3.8) is 0 Å². The first kappa shape index (κ1) is 21.4. The van der Waals surface area contributed by atoms with Crippen molar-refractivity contribution in [1.82, 2.24) is 10.2 Å². The van der Waals surface area contributed by atoms with Crippen molar-refractivity contribution >= 4 is 23.2 Å². The van der Waals surface area contributed by atoms with Crippen LogP contribution in [0.1, 0.15) is 48.2 Å². The quantitative estimate of drug-likeness (QED) is 0.743. The number of carbonyl (C=O) groups is 2. The van der Waals surface area contributed by atoms with Crippen LogP contribution in [-0.2, 0) is 9.59 Å². The number of thiophene rings is 1. The Balaban J connectivity index is 1.75. The van der Waals surface area contributed by atoms with Crippen LogP contribution in [0.3, 0.4) is 0 Å². The van der Waals surface area contributed by atoms with Crippen LogP contribution in [-0.4, -0.2) is 36.0 Å². The third-order valence-electron chi connectivity index (χ3n) is 5.01. The maximum absolute atomic E-state index is 12.8. The van der Waals surface area contributed by atoms with Crippen LogP contribution in [0, 0.1) is 5.92 Å². The van der Waals surface area contributed by atoms with Crippen LogP contribution < -0.4 is 5.32 Å². The second kappa shape index (κ2) is 8.57. The van der Waals surface area contributed by atoms with E-state index < -0.39 is 36.5 Å². The number of rotatable bonds is 6. The van der Waals surface area contributed by atoms with Gasteiger partial charge in [0, 0.05) is 17.8 Å². The average Bonchev–Trinajstić information content (AvgIpc) is 3.29. The van der Waals surface area contributed by atoms with E-state index in [9.17, 15) is 22.8 Å². The number of hydrogen-bond acceptors (Lipinski definition) is 3. The summed E-state index contributed by atoms with van der Waals surface area (Å²) in [5.74, 6) is -1.46. The molecule has 29 heavy (non-hydrogen) atoms. The van der Waals surface area contributed by atoms with Gasteiger partial charge in [-0.1, -0.05) is 44.2 Å². The Morgan fingerprint density at radius 1 is 1.21 bits per heavy atom. The molecule has 1 saturated heterocycles. The highest BCUT2D eigenvalue weighted by atomic mass is 32.1. The smallest absolute Gasteiger partial charge is 0.344 e. The Hall–Kier alpha value is -2.35. The van der Waals surface area contributed by atoms with Crippen LogP contribution >= 0.6 is 11.3 Å². The van der Waals surface area contributed by atoms with Gasteiger partial charge in [-0.2, -0.15) is 13.2 Å². The number of likely N-dealkylation sites (tertiary alicyclic amines) is 1. The molecule has 1 N–H and O–H groups in total. The Kier molecular flexibility index (Phi) is 6.31. The highest BCUT2D eigenvalue weighted by Gasteiger charge is 2.41. The molecule has 0 spiro atoms. The summed E-state index contributed by atoms with van der Waals surface area (Å²) in [6, 6.07) is 11.3. The Morgan fingerprint density at radius 3 is 2.41 bits per heavy atom. The molecule has 1 aromatic heterocycles. The van der Waals surface area contributed by atoms with Crippen molar-refractivity contribution in [2.45, 2.75) is 38.4 Å². The summed E-state index contributed by atoms with van der Waals surface area (Å²) in [5, 5.41) is 4.85. The molecule has 2 unspecified atom stereocenters. The average molecular weight is 424 g/mol. The molecule has 0 bridgehead atoms. The Labute approximate surface area is 171 Å². The molecule has 1 aliphatic rings. The molecule has 0 saturated carbocycles. The third-order valence-corrected chi connectivity index (χ3v) is 5.94. The summed E-state index contributed by atoms with van der Waals surface area (Å²) in [6.45, 7) is 2.66. The molecule has 3 rings (SSSR count). The maximum Gasteiger partial charge on any atom is 0.406 e. The Bertz CT molecular complexity index is 848. The molecule has 0 radical (unpaired) electrons. The van der Waals surface area contributed by atoms with E-state index in [1.54, 1.807) is 0 Å². The van der Waals surface area contributed by atoms with Crippen molar-refractivity contribution < 1.29 is 22.8 Å². The summed E-state index contributed by atoms with van der Waals surface area (Å²) in [5.41, 5.74) is 2.07. The van der Waals surface area contributed by atoms with Gasteiger partial charge in [0.25, 0.3) is 0 Å². The molecular formula is C21H23F3N2O2S. The molecular weight excluding hydrogens is 401 g/mol. The standard InChI is InChI=1S/C21H23F3N2O2S/c1-13(2)14-5-7-15(8-6-14)19(17-4-3-9-29-17)25-20(28)16-10-18(27)26(11-16)12-21(22,23)24/h3-9,13,16,19H,10-12H2,1-2H3,(H,25,28). The van der Waals surface area contributed by atoms with E-state index in [4.69, 9.17) is 0 Å². The Morgan fingerprint density at radius 2 is 1.86 bits per heavy atom. The van der Waals surface area contributed by atoms with Crippen LogP contribution in [0.25, 0.3) is 0 Å². The topological polar surface area (TPSA) is 49.4 Å². The molecule has 1 aromatic carbocycles. The van der Waals surface area contributed by atoms with Gasteiger partial charge in [-0.3, -0.25) is 9.59 Å². The first-order valence-corrected chi connectivity index (χ1v) is 10.3. The third kappa shape index (κ3) is 5.38. The fourth-order valence-electron chi connectivity index (χ4n) is 3.42. The number of halogens is 3. The molecule has 2 heterocycles. The van der Waals surface area contributed by atoms with Gasteiger partial charge in [-0.15, -0.1) is 11.3 Å². The molecule has 4 nitrogen and oxygen atoms in total. The second-order valence-electron chi connectivity index (χ2n) is 7.57. The van der Waals surface area contributed by atoms with E-state index in [0.717, 1.165) is 10.4 Å². The predicted molar refractivity (Wildman–Crippen MR) is 106 cm³/mol. The van der Waals surface area contributed by atoms with E-state index in [1.807, 2.05) is 41.8 Å². The van der Waals surface area contributed by atoms with Crippen LogP contribution in [0.15, 0.2) is 41.8 Å². The highest BCUT2D eigenvalue weighted by Crippen LogP contribution is 2.29. The largest absolute Gasteiger partial charge is 0.406 e. The summed E-state index contributed by atoms with van der Waals surface area (Å²) >= 11 is 1.49. The second-order valence-corrected chi connectivity index (χ2v) is 8.55. The normalized spacial score (nSPS) is 18.3. The van der Waals surface area contributed by atoms with Gasteiger partial charge in [0.2, 0.25) is 11.8 Å². The summed E-state index contributed by atoms with van der Waals surface area (Å²) in [4.78, 5) is 26.3. The number of carbonyl (C=O) groups excluding carboxylic acids is 2. The molecule has 8 heteroatoms. The first-order valence-electron chi connectivity index (χ1n) is 9.42. The van der Waals surface area contributed by atoms with E-state index in [0.29, 0.717) is 10.8 Å². The van der Waals surface area contributed by atoms with E-state index >= 15 is 0 Å². The minimum absolute atomic E-state index is 0.203. The molecule has 2 atom stereocenters. The SMILES string of the molecule is CC(C)c1ccc(C(NC(=O)C2CC(=O)N(CC(F)(F)F)C2)c2cccs2)cc1. The highest BCUT2D eigenvalue weighted by molar-refractivity contribution is 7.10. The lowest BCUT2D eigenvalue weighted by Crippen LogP contribution is -2.38. The number of benzene rings is 1. The lowest BCUT2D eigenvalue weighted by Gasteiger charge is -2.22. The fraction of sp³-hybridized carbons (Fsp3) is 0.429. The van der Waals surface area contributed by atoms with Gasteiger partial charge in [-0.05, 0) is 28.5 Å². The van der Waals surface area contributed by atoms with Crippen molar-refractivity contribution in [1.29, 1.82) is 0 Å². The van der Waals surface area contributed by atoms with Gasteiger partial charge in [0.15, 0.2) is 0 Å². The monoisotopic (exact) mass is 424 g/mol. The summed E-state index contributed by atoms with van der Waals surface area (Å²) in [6.07, 6.45) is -4.68. The van der Waals surface area contributed by atoms with Crippen molar-refractivity contribution in [3.8, 4) is 0 Å². The minimum atomic E-state index is -4.47. The van der Waals surface area contributed by atoms with Gasteiger partial charge < -0.3 is 10.2 Å². The molecule has 2 aromatic rings. The first-order chi connectivity index (χ1) is 13.6. The molecule has 1 fully saturated rings. The summed E-state index contributed by atoms with van der Waals surface area (Å²) in [7, 11) is 0. The predicted octanol–water partition coefficient (Wildman–Crippen LogP) is 4.49. The number of alkyl halides is 3. The van der Waals surface area contributed by atoms with Crippen molar-refractivity contribution in [3.05, 3.63) is 57.8 Å². The van der Waals surface area contributed by atoms with Gasteiger partial charge >= 0.3 is 6.18 Å². The summed E-state index contributed by atoms with van der Waals surface area (Å²) < 4.78 is 37.9. The van der Waals surface area contributed by atoms with Crippen LogP contribution in [0.5, 0.6) is 0 Å². The lowest BCUT2D eigenvalue weighted by molar-refractivity contribution is -0.157. The van der Waals surface area contributed by atoms with Gasteiger partial charge in [-0.25, -0.2) is 0 Å². The number of nitrogens with zero attached hydrogens (tertiary/aromatic N) is 1. The van der Waals surface area contributed by atoms with E-state index in [2.05, 4.69) is 19.2 Å². The van der Waals surface area contributed by atoms with Crippen LogP contribution in [0.4, 0.5) is 13.2 Å². The number of amides is 2. The zero-order chi connectivity index (χ0) is 21.2. The zero-order valence-corrected chi connectivity index (χ0v) is 17.0. The van der Waals surface area contributed by atoms with Gasteiger partial charge in [0.1, 0.15) is 6.54 Å². The van der Waals surface area contributed by atoms with Crippen molar-refractivity contribution in [2.75, 3.05) is 13.1 Å².